The van der Waals surface area contributed by atoms with E-state index in [0.717, 1.165) is 0 Å². The van der Waals surface area contributed by atoms with Crippen LogP contribution in [0.3, 0.4) is 0 Å². The molecule has 0 radical (unpaired) electrons. The first-order valence-electron chi connectivity index (χ1n) is 11.7. The zero-order valence-corrected chi connectivity index (χ0v) is 18.8. The molecule has 12 heteroatoms. The number of carbonyl (C=O) groups is 2. The lowest BCUT2D eigenvalue weighted by molar-refractivity contribution is -0.194. The van der Waals surface area contributed by atoms with Gasteiger partial charge in [-0.15, -0.1) is 0 Å². The summed E-state index contributed by atoms with van der Waals surface area (Å²) in [4.78, 5) is 40.7. The first-order valence-corrected chi connectivity index (χ1v) is 11.7. The summed E-state index contributed by atoms with van der Waals surface area (Å²) in [5, 5.41) is 17.2. The Balaban J connectivity index is 0.000000101. The highest BCUT2D eigenvalue weighted by Crippen LogP contribution is 2.28. The van der Waals surface area contributed by atoms with Crippen LogP contribution in [0.15, 0.2) is 0 Å². The van der Waals surface area contributed by atoms with Crippen LogP contribution in [0.4, 0.5) is 0 Å². The maximum absolute atomic E-state index is 10.5. The number of nitrogens with zero attached hydrogens (tertiary/aromatic N) is 8. The van der Waals surface area contributed by atoms with Crippen LogP contribution in [0, 0.1) is 11.8 Å². The highest BCUT2D eigenvalue weighted by atomic mass is 16.4. The Kier molecular flexibility index (Phi) is 6.63. The highest BCUT2D eigenvalue weighted by Gasteiger charge is 2.37. The lowest BCUT2D eigenvalue weighted by atomic mass is 9.82. The van der Waals surface area contributed by atoms with Gasteiger partial charge in [-0.2, -0.15) is 0 Å². The van der Waals surface area contributed by atoms with Gasteiger partial charge in [0.1, 0.15) is 0 Å². The van der Waals surface area contributed by atoms with E-state index in [1.165, 1.54) is 80.0 Å². The molecule has 9 fully saturated rings. The standard InChI is InChI=1S/C8H12O4.2C6H12N4/c9-7(10)5-1-2-6(4-3-5)8(11)12;2*1-7-2-9-4-8(1)5-10(3-7)6-9/h5-6H,1-4H2,(H,9,10)(H,11,12);2*1-6H2. The van der Waals surface area contributed by atoms with Crippen molar-refractivity contribution in [2.24, 2.45) is 11.8 Å². The van der Waals surface area contributed by atoms with Gasteiger partial charge in [-0.25, -0.2) is 0 Å². The number of rotatable bonds is 2. The van der Waals surface area contributed by atoms with E-state index in [4.69, 9.17) is 10.2 Å². The summed E-state index contributed by atoms with van der Waals surface area (Å²) < 4.78 is 0. The van der Waals surface area contributed by atoms with Crippen LogP contribution in [0.2, 0.25) is 0 Å². The summed E-state index contributed by atoms with van der Waals surface area (Å²) >= 11 is 0. The van der Waals surface area contributed by atoms with Crippen LogP contribution >= 0.6 is 0 Å². The Morgan fingerprint density at radius 1 is 0.406 bits per heavy atom. The molecule has 8 aliphatic heterocycles. The Hall–Kier alpha value is -1.38. The van der Waals surface area contributed by atoms with E-state index in [1.807, 2.05) is 0 Å². The SMILES string of the molecule is C1N2CN3CN1CN(C2)C3.C1N2CN3CN1CN(C2)C3.O=C(O)C1CCC(C(=O)O)CC1. The van der Waals surface area contributed by atoms with Crippen molar-refractivity contribution in [1.82, 2.24) is 39.2 Å². The molecule has 2 N–H and O–H groups in total. The Morgan fingerprint density at radius 3 is 0.688 bits per heavy atom. The molecule has 9 rings (SSSR count). The minimum absolute atomic E-state index is 0.319. The predicted octanol–water partition coefficient (Wildman–Crippen LogP) is -1.08. The highest BCUT2D eigenvalue weighted by molar-refractivity contribution is 5.72. The van der Waals surface area contributed by atoms with E-state index in [9.17, 15) is 9.59 Å². The van der Waals surface area contributed by atoms with E-state index in [2.05, 4.69) is 39.2 Å². The Morgan fingerprint density at radius 2 is 0.562 bits per heavy atom. The summed E-state index contributed by atoms with van der Waals surface area (Å²) in [6.07, 6.45) is 2.03. The summed E-state index contributed by atoms with van der Waals surface area (Å²) in [6, 6.07) is 0. The number of carboxylic acids is 2. The third kappa shape index (κ3) is 5.23. The maximum atomic E-state index is 10.5. The average molecular weight is 453 g/mol. The molecule has 1 aliphatic carbocycles. The van der Waals surface area contributed by atoms with Crippen molar-refractivity contribution in [3.63, 3.8) is 0 Å². The molecule has 0 atom stereocenters. The number of aliphatic carboxylic acids is 2. The van der Waals surface area contributed by atoms with Crippen molar-refractivity contribution in [3.8, 4) is 0 Å². The van der Waals surface area contributed by atoms with Gasteiger partial charge in [0.05, 0.1) is 91.9 Å². The molecule has 1 saturated carbocycles. The third-order valence-corrected chi connectivity index (χ3v) is 7.23. The second kappa shape index (κ2) is 9.47. The van der Waals surface area contributed by atoms with Crippen LogP contribution in [-0.4, -0.2) is 141 Å². The van der Waals surface area contributed by atoms with Crippen LogP contribution in [0.1, 0.15) is 25.7 Å². The lowest BCUT2D eigenvalue weighted by Gasteiger charge is -2.56. The van der Waals surface area contributed by atoms with Gasteiger partial charge in [-0.05, 0) is 25.7 Å². The molecule has 32 heavy (non-hydrogen) atoms. The van der Waals surface area contributed by atoms with E-state index in [-0.39, 0.29) is 11.8 Å². The molecule has 0 aromatic heterocycles. The van der Waals surface area contributed by atoms with Crippen molar-refractivity contribution in [2.75, 3.05) is 80.0 Å². The minimum Gasteiger partial charge on any atom is -0.481 e. The fourth-order valence-electron chi connectivity index (χ4n) is 6.05. The van der Waals surface area contributed by atoms with Crippen molar-refractivity contribution < 1.29 is 19.8 Å². The zero-order valence-electron chi connectivity index (χ0n) is 18.8. The van der Waals surface area contributed by atoms with Gasteiger partial charge in [-0.1, -0.05) is 0 Å². The van der Waals surface area contributed by atoms with E-state index in [1.54, 1.807) is 0 Å². The molecule has 12 nitrogen and oxygen atoms in total. The fraction of sp³-hybridized carbons (Fsp3) is 0.900. The molecule has 9 aliphatic rings. The van der Waals surface area contributed by atoms with Gasteiger partial charge in [0.25, 0.3) is 0 Å². The van der Waals surface area contributed by atoms with Gasteiger partial charge in [0.15, 0.2) is 0 Å². The van der Waals surface area contributed by atoms with Crippen molar-refractivity contribution >= 4 is 11.9 Å². The smallest absolute Gasteiger partial charge is 0.306 e. The summed E-state index contributed by atoms with van der Waals surface area (Å²) in [5.74, 6) is -2.22. The monoisotopic (exact) mass is 452 g/mol. The Bertz CT molecular complexity index is 530. The predicted molar refractivity (Wildman–Crippen MR) is 114 cm³/mol. The molecule has 0 spiro atoms. The largest absolute Gasteiger partial charge is 0.481 e. The first-order chi connectivity index (χ1) is 15.4. The van der Waals surface area contributed by atoms with Gasteiger partial charge >= 0.3 is 11.9 Å². The second-order valence-corrected chi connectivity index (χ2v) is 10.3. The van der Waals surface area contributed by atoms with Gasteiger partial charge in [-0.3, -0.25) is 48.8 Å². The molecule has 180 valence electrons. The molecule has 0 amide bonds. The normalized spacial score (nSPS) is 47.1. The Labute approximate surface area is 189 Å². The van der Waals surface area contributed by atoms with Crippen LogP contribution < -0.4 is 0 Å². The molecule has 0 aromatic rings. The van der Waals surface area contributed by atoms with E-state index in [0.29, 0.717) is 25.7 Å². The van der Waals surface area contributed by atoms with Gasteiger partial charge < -0.3 is 10.2 Å². The molecule has 0 aromatic carbocycles. The van der Waals surface area contributed by atoms with Crippen molar-refractivity contribution in [2.45, 2.75) is 25.7 Å². The molecule has 8 saturated heterocycles. The first kappa shape index (κ1) is 22.4. The minimum atomic E-state index is -0.793. The molecule has 0 unspecified atom stereocenters. The van der Waals surface area contributed by atoms with Gasteiger partial charge in [0, 0.05) is 0 Å². The number of hydrogen-bond donors (Lipinski definition) is 2. The molecule has 8 heterocycles. The lowest BCUT2D eigenvalue weighted by Crippen LogP contribution is -2.71. The summed E-state index contributed by atoms with van der Waals surface area (Å²) in [6.45, 7) is 14.2. The average Bonchev–Trinajstić information content (AvgIpc) is 2.73. The van der Waals surface area contributed by atoms with E-state index < -0.39 is 11.9 Å². The molecule has 8 bridgehead atoms. The van der Waals surface area contributed by atoms with Crippen molar-refractivity contribution in [1.29, 1.82) is 0 Å². The molecular weight excluding hydrogens is 416 g/mol. The van der Waals surface area contributed by atoms with Crippen LogP contribution in [-0.2, 0) is 9.59 Å². The summed E-state index contributed by atoms with van der Waals surface area (Å²) in [5.41, 5.74) is 0. The zero-order chi connectivity index (χ0) is 22.2. The number of carboxylic acid groups (broad SMARTS) is 2. The fourth-order valence-corrected chi connectivity index (χ4v) is 6.05. The quantitative estimate of drug-likeness (QED) is 0.533. The van der Waals surface area contributed by atoms with Crippen LogP contribution in [0.25, 0.3) is 0 Å². The maximum Gasteiger partial charge on any atom is 0.306 e. The number of hydrogen-bond acceptors (Lipinski definition) is 10. The summed E-state index contributed by atoms with van der Waals surface area (Å²) in [7, 11) is 0. The molecular formula is C20H36N8O4. The van der Waals surface area contributed by atoms with Gasteiger partial charge in [0.2, 0.25) is 0 Å². The third-order valence-electron chi connectivity index (χ3n) is 7.23. The van der Waals surface area contributed by atoms with Crippen LogP contribution in [0.5, 0.6) is 0 Å². The van der Waals surface area contributed by atoms with E-state index >= 15 is 0 Å². The van der Waals surface area contributed by atoms with Crippen molar-refractivity contribution in [3.05, 3.63) is 0 Å². The topological polar surface area (TPSA) is 101 Å². The second-order valence-electron chi connectivity index (χ2n) is 10.3.